The van der Waals surface area contributed by atoms with Crippen molar-refractivity contribution in [2.24, 2.45) is 0 Å². The predicted molar refractivity (Wildman–Crippen MR) is 201 cm³/mol. The van der Waals surface area contributed by atoms with E-state index in [2.05, 4.69) is 71.6 Å². The Morgan fingerprint density at radius 1 is 0.479 bits per heavy atom. The fourth-order valence-corrected chi connectivity index (χ4v) is 8.11. The lowest BCUT2D eigenvalue weighted by molar-refractivity contribution is 0.340. The highest BCUT2D eigenvalue weighted by Gasteiger charge is 2.47. The lowest BCUT2D eigenvalue weighted by atomic mass is 9.67. The Morgan fingerprint density at radius 3 is 1.40 bits per heavy atom. The first-order chi connectivity index (χ1) is 23.4. The van der Waals surface area contributed by atoms with Crippen molar-refractivity contribution < 1.29 is 9.47 Å². The van der Waals surface area contributed by atoms with Gasteiger partial charge in [-0.15, -0.1) is 0 Å². The van der Waals surface area contributed by atoms with E-state index in [-0.39, 0.29) is 0 Å². The Hall–Kier alpha value is -4.12. The Bertz CT molecular complexity index is 1970. The van der Waals surface area contributed by atoms with Gasteiger partial charge in [-0.3, -0.25) is 0 Å². The van der Waals surface area contributed by atoms with Gasteiger partial charge in [0, 0.05) is 17.1 Å². The monoisotopic (exact) mass is 709 g/mol. The van der Waals surface area contributed by atoms with E-state index in [0.29, 0.717) is 44.8 Å². The van der Waals surface area contributed by atoms with Gasteiger partial charge in [0.1, 0.15) is 0 Å². The number of hydrogen-bond acceptors (Lipinski definition) is 3. The Kier molecular flexibility index (Phi) is 9.06. The third-order valence-electron chi connectivity index (χ3n) is 8.76. The summed E-state index contributed by atoms with van der Waals surface area (Å²) >= 11 is 27.9. The van der Waals surface area contributed by atoms with Crippen LogP contribution in [0.4, 0.5) is 17.1 Å². The molecule has 0 aromatic heterocycles. The van der Waals surface area contributed by atoms with Crippen LogP contribution < -0.4 is 14.4 Å². The van der Waals surface area contributed by atoms with Crippen molar-refractivity contribution in [2.75, 3.05) is 18.1 Å². The number of hydrogen-bond donors (Lipinski definition) is 0. The van der Waals surface area contributed by atoms with Gasteiger partial charge in [0.15, 0.2) is 11.5 Å². The van der Waals surface area contributed by atoms with Crippen LogP contribution in [0.3, 0.4) is 0 Å². The minimum atomic E-state index is -0.920. The SMILES string of the molecule is CCOc1c(Cl)cc(C2(c3cc(Cl)c(OCC)c(Cl)c3)c3ccccc3-c3ccc(N(c4ccccc4)c4ccccc4)cc32)cc1Cl. The number of benzene rings is 6. The van der Waals surface area contributed by atoms with E-state index >= 15 is 0 Å². The van der Waals surface area contributed by atoms with Crippen molar-refractivity contribution in [1.82, 2.24) is 0 Å². The van der Waals surface area contributed by atoms with E-state index in [1.54, 1.807) is 0 Å². The number of fused-ring (bicyclic) bond motifs is 3. The molecule has 0 radical (unpaired) electrons. The highest BCUT2D eigenvalue weighted by Crippen LogP contribution is 2.59. The van der Waals surface area contributed by atoms with E-state index in [1.165, 1.54) is 0 Å². The number of nitrogens with zero attached hydrogens (tertiary/aromatic N) is 1. The van der Waals surface area contributed by atoms with Gasteiger partial charge in [-0.1, -0.05) is 113 Å². The third kappa shape index (κ3) is 5.40. The summed E-state index contributed by atoms with van der Waals surface area (Å²) < 4.78 is 11.7. The second-order valence-corrected chi connectivity index (χ2v) is 13.1. The smallest absolute Gasteiger partial charge is 0.156 e. The molecule has 0 atom stereocenters. The Labute approximate surface area is 301 Å². The van der Waals surface area contributed by atoms with Crippen LogP contribution in [0.25, 0.3) is 11.1 Å². The topological polar surface area (TPSA) is 21.7 Å². The maximum atomic E-state index is 6.98. The summed E-state index contributed by atoms with van der Waals surface area (Å²) in [6, 6.07) is 43.5. The van der Waals surface area contributed by atoms with Crippen LogP contribution >= 0.6 is 46.4 Å². The summed E-state index contributed by atoms with van der Waals surface area (Å²) in [7, 11) is 0. The molecule has 1 aliphatic rings. The number of halogens is 4. The first-order valence-electron chi connectivity index (χ1n) is 15.8. The van der Waals surface area contributed by atoms with E-state index in [9.17, 15) is 0 Å². The fourth-order valence-electron chi connectivity index (χ4n) is 6.91. The highest BCUT2D eigenvalue weighted by molar-refractivity contribution is 6.38. The van der Waals surface area contributed by atoms with Crippen molar-refractivity contribution in [3.63, 3.8) is 0 Å². The number of anilines is 3. The van der Waals surface area contributed by atoms with Crippen molar-refractivity contribution in [3.8, 4) is 22.6 Å². The van der Waals surface area contributed by atoms with Gasteiger partial charge in [0.2, 0.25) is 0 Å². The molecule has 0 amide bonds. The standard InChI is InChI=1S/C41H31Cl4NO2/c1-3-47-39-35(42)21-26(22-36(39)43)41(27-23-37(44)40(48-4-2)38(45)24-27)33-18-12-11-17-31(33)32-20-19-30(25-34(32)41)46(28-13-7-5-8-14-28)29-15-9-6-10-16-29/h5-25H,3-4H2,1-2H3. The van der Waals surface area contributed by atoms with Gasteiger partial charge in [0.25, 0.3) is 0 Å². The molecular weight excluding hydrogens is 680 g/mol. The van der Waals surface area contributed by atoms with Gasteiger partial charge in [0.05, 0.1) is 38.7 Å². The summed E-state index contributed by atoms with van der Waals surface area (Å²) in [5.74, 6) is 0.893. The summed E-state index contributed by atoms with van der Waals surface area (Å²) in [4.78, 5) is 2.25. The average molecular weight is 712 g/mol. The fraction of sp³-hybridized carbons (Fsp3) is 0.122. The second-order valence-electron chi connectivity index (χ2n) is 11.4. The molecule has 0 N–H and O–H groups in total. The molecule has 0 unspecified atom stereocenters. The molecule has 0 fully saturated rings. The second kappa shape index (κ2) is 13.4. The molecule has 7 rings (SSSR count). The molecular formula is C41H31Cl4NO2. The molecule has 7 heteroatoms. The normalized spacial score (nSPS) is 12.7. The maximum absolute atomic E-state index is 6.98. The molecule has 240 valence electrons. The molecule has 48 heavy (non-hydrogen) atoms. The van der Waals surface area contributed by atoms with Gasteiger partial charge in [-0.05, 0) is 108 Å². The molecule has 6 aromatic rings. The molecule has 0 saturated heterocycles. The number of ether oxygens (including phenoxy) is 2. The first-order valence-corrected chi connectivity index (χ1v) is 17.3. The van der Waals surface area contributed by atoms with E-state index < -0.39 is 5.41 Å². The quantitative estimate of drug-likeness (QED) is 0.149. The zero-order valence-electron chi connectivity index (χ0n) is 26.3. The molecule has 0 saturated carbocycles. The predicted octanol–water partition coefficient (Wildman–Crippen LogP) is 12.9. The lowest BCUT2D eigenvalue weighted by Crippen LogP contribution is -2.29. The molecule has 0 spiro atoms. The van der Waals surface area contributed by atoms with Crippen LogP contribution in [0.15, 0.2) is 127 Å². The minimum absolute atomic E-state index is 0.416. The Morgan fingerprint density at radius 2 is 0.917 bits per heavy atom. The number of rotatable bonds is 9. The van der Waals surface area contributed by atoms with Crippen LogP contribution in [-0.2, 0) is 5.41 Å². The summed E-state index contributed by atoms with van der Waals surface area (Å²) in [6.45, 7) is 4.67. The van der Waals surface area contributed by atoms with Crippen molar-refractivity contribution in [1.29, 1.82) is 0 Å². The van der Waals surface area contributed by atoms with Crippen molar-refractivity contribution in [3.05, 3.63) is 170 Å². The van der Waals surface area contributed by atoms with Crippen LogP contribution in [-0.4, -0.2) is 13.2 Å². The largest absolute Gasteiger partial charge is 0.491 e. The molecule has 1 aliphatic carbocycles. The van der Waals surface area contributed by atoms with Crippen LogP contribution in [0.1, 0.15) is 36.1 Å². The zero-order valence-corrected chi connectivity index (χ0v) is 29.3. The number of para-hydroxylation sites is 2. The molecule has 0 aliphatic heterocycles. The summed E-state index contributed by atoms with van der Waals surface area (Å²) in [5, 5.41) is 1.66. The highest BCUT2D eigenvalue weighted by atomic mass is 35.5. The first kappa shape index (κ1) is 32.4. The average Bonchev–Trinajstić information content (AvgIpc) is 3.39. The maximum Gasteiger partial charge on any atom is 0.156 e. The molecule has 0 bridgehead atoms. The molecule has 0 heterocycles. The molecule has 3 nitrogen and oxygen atoms in total. The lowest BCUT2D eigenvalue weighted by Gasteiger charge is -2.35. The summed E-state index contributed by atoms with van der Waals surface area (Å²) in [6.07, 6.45) is 0. The van der Waals surface area contributed by atoms with Crippen molar-refractivity contribution in [2.45, 2.75) is 19.3 Å². The van der Waals surface area contributed by atoms with Crippen LogP contribution in [0.5, 0.6) is 11.5 Å². The van der Waals surface area contributed by atoms with Gasteiger partial charge < -0.3 is 14.4 Å². The summed E-state index contributed by atoms with van der Waals surface area (Å²) in [5.41, 5.74) is 8.09. The minimum Gasteiger partial charge on any atom is -0.491 e. The Balaban J connectivity index is 1.59. The molecule has 6 aromatic carbocycles. The van der Waals surface area contributed by atoms with E-state index in [0.717, 1.165) is 50.4 Å². The van der Waals surface area contributed by atoms with Gasteiger partial charge in [-0.25, -0.2) is 0 Å². The van der Waals surface area contributed by atoms with Crippen LogP contribution in [0.2, 0.25) is 20.1 Å². The van der Waals surface area contributed by atoms with E-state index in [4.69, 9.17) is 55.9 Å². The van der Waals surface area contributed by atoms with Crippen LogP contribution in [0, 0.1) is 0 Å². The van der Waals surface area contributed by atoms with Crippen molar-refractivity contribution >= 4 is 63.5 Å². The van der Waals surface area contributed by atoms with Gasteiger partial charge >= 0.3 is 0 Å². The zero-order chi connectivity index (χ0) is 33.4. The van der Waals surface area contributed by atoms with Gasteiger partial charge in [-0.2, -0.15) is 0 Å². The van der Waals surface area contributed by atoms with E-state index in [1.807, 2.05) is 74.5 Å². The third-order valence-corrected chi connectivity index (χ3v) is 9.88.